The standard InChI is InChI=1S/C13H16N4O/c1-8(6-12(14)18)17-11-3-2-9-7-16-5-4-10(9)13(11)15/h2-5,7-8,17H,6,15H2,1H3,(H2,14,18). The maximum atomic E-state index is 10.8. The van der Waals surface area contributed by atoms with E-state index in [1.54, 1.807) is 12.4 Å². The van der Waals surface area contributed by atoms with Crippen LogP contribution in [0.3, 0.4) is 0 Å². The normalized spacial score (nSPS) is 12.3. The Bertz CT molecular complexity index is 582. The van der Waals surface area contributed by atoms with Gasteiger partial charge in [0.25, 0.3) is 0 Å². The molecular weight excluding hydrogens is 228 g/mol. The molecular formula is C13H16N4O. The Balaban J connectivity index is 2.29. The summed E-state index contributed by atoms with van der Waals surface area (Å²) >= 11 is 0. The average molecular weight is 244 g/mol. The molecule has 1 unspecified atom stereocenters. The number of fused-ring (bicyclic) bond motifs is 1. The van der Waals surface area contributed by atoms with E-state index in [1.807, 2.05) is 25.1 Å². The van der Waals surface area contributed by atoms with E-state index in [-0.39, 0.29) is 18.4 Å². The van der Waals surface area contributed by atoms with Crippen LogP contribution in [0.5, 0.6) is 0 Å². The van der Waals surface area contributed by atoms with Gasteiger partial charge in [0.1, 0.15) is 0 Å². The van der Waals surface area contributed by atoms with Crippen LogP contribution in [0.25, 0.3) is 10.8 Å². The molecule has 5 heteroatoms. The highest BCUT2D eigenvalue weighted by Crippen LogP contribution is 2.28. The number of carbonyl (C=O) groups excluding carboxylic acids is 1. The summed E-state index contributed by atoms with van der Waals surface area (Å²) in [6.45, 7) is 1.89. The van der Waals surface area contributed by atoms with E-state index in [4.69, 9.17) is 11.5 Å². The quantitative estimate of drug-likeness (QED) is 0.710. The summed E-state index contributed by atoms with van der Waals surface area (Å²) in [5, 5.41) is 5.12. The summed E-state index contributed by atoms with van der Waals surface area (Å²) in [7, 11) is 0. The van der Waals surface area contributed by atoms with E-state index in [2.05, 4.69) is 10.3 Å². The molecule has 2 rings (SSSR count). The van der Waals surface area contributed by atoms with Crippen molar-refractivity contribution in [2.24, 2.45) is 5.73 Å². The van der Waals surface area contributed by atoms with E-state index >= 15 is 0 Å². The number of rotatable bonds is 4. The van der Waals surface area contributed by atoms with Gasteiger partial charge in [-0.05, 0) is 19.1 Å². The van der Waals surface area contributed by atoms with Gasteiger partial charge >= 0.3 is 0 Å². The third-order valence-corrected chi connectivity index (χ3v) is 2.77. The minimum atomic E-state index is -0.335. The number of nitrogens with one attached hydrogen (secondary N) is 1. The molecule has 0 aliphatic rings. The molecule has 18 heavy (non-hydrogen) atoms. The van der Waals surface area contributed by atoms with Crippen molar-refractivity contribution >= 4 is 28.1 Å². The van der Waals surface area contributed by atoms with Crippen LogP contribution in [0.4, 0.5) is 11.4 Å². The van der Waals surface area contributed by atoms with Gasteiger partial charge in [0.15, 0.2) is 0 Å². The van der Waals surface area contributed by atoms with Crippen LogP contribution in [0.2, 0.25) is 0 Å². The number of anilines is 2. The van der Waals surface area contributed by atoms with Crippen molar-refractivity contribution in [1.82, 2.24) is 4.98 Å². The Morgan fingerprint density at radius 1 is 1.44 bits per heavy atom. The van der Waals surface area contributed by atoms with E-state index in [0.29, 0.717) is 5.69 Å². The monoisotopic (exact) mass is 244 g/mol. The minimum absolute atomic E-state index is 0.0518. The predicted molar refractivity (Wildman–Crippen MR) is 73.1 cm³/mol. The van der Waals surface area contributed by atoms with Gasteiger partial charge in [-0.2, -0.15) is 0 Å². The second-order valence-corrected chi connectivity index (χ2v) is 4.34. The Kier molecular flexibility index (Phi) is 3.32. The molecule has 1 amide bonds. The Hall–Kier alpha value is -2.30. The molecule has 0 aliphatic carbocycles. The molecule has 94 valence electrons. The van der Waals surface area contributed by atoms with Gasteiger partial charge in [0, 0.05) is 35.6 Å². The van der Waals surface area contributed by atoms with E-state index in [9.17, 15) is 4.79 Å². The number of primary amides is 1. The lowest BCUT2D eigenvalue weighted by molar-refractivity contribution is -0.118. The maximum Gasteiger partial charge on any atom is 0.219 e. The molecule has 1 atom stereocenters. The summed E-state index contributed by atoms with van der Waals surface area (Å²) in [4.78, 5) is 14.9. The second kappa shape index (κ2) is 4.91. The average Bonchev–Trinajstić information content (AvgIpc) is 2.32. The molecule has 0 bridgehead atoms. The zero-order valence-electron chi connectivity index (χ0n) is 10.2. The molecule has 1 heterocycles. The number of nitrogen functional groups attached to an aromatic ring is 1. The SMILES string of the molecule is CC(CC(N)=O)Nc1ccc2cnccc2c1N. The summed E-state index contributed by atoms with van der Waals surface area (Å²) in [5.74, 6) is -0.335. The summed E-state index contributed by atoms with van der Waals surface area (Å²) in [5.41, 5.74) is 12.7. The fraction of sp³-hybridized carbons (Fsp3) is 0.231. The first-order valence-corrected chi connectivity index (χ1v) is 5.75. The van der Waals surface area contributed by atoms with Crippen molar-refractivity contribution in [3.05, 3.63) is 30.6 Å². The van der Waals surface area contributed by atoms with Crippen molar-refractivity contribution in [2.75, 3.05) is 11.1 Å². The lowest BCUT2D eigenvalue weighted by Crippen LogP contribution is -2.24. The fourth-order valence-electron chi connectivity index (χ4n) is 1.94. The van der Waals surface area contributed by atoms with Gasteiger partial charge in [-0.15, -0.1) is 0 Å². The number of carbonyl (C=O) groups is 1. The second-order valence-electron chi connectivity index (χ2n) is 4.34. The first-order valence-electron chi connectivity index (χ1n) is 5.75. The van der Waals surface area contributed by atoms with Crippen molar-refractivity contribution in [2.45, 2.75) is 19.4 Å². The molecule has 5 N–H and O–H groups in total. The van der Waals surface area contributed by atoms with Gasteiger partial charge in [-0.3, -0.25) is 9.78 Å². The number of pyridine rings is 1. The van der Waals surface area contributed by atoms with Crippen LogP contribution in [-0.4, -0.2) is 16.9 Å². The molecule has 0 saturated carbocycles. The minimum Gasteiger partial charge on any atom is -0.397 e. The third-order valence-electron chi connectivity index (χ3n) is 2.77. The Morgan fingerprint density at radius 3 is 2.94 bits per heavy atom. The van der Waals surface area contributed by atoms with E-state index < -0.39 is 0 Å². The fourth-order valence-corrected chi connectivity index (χ4v) is 1.94. The number of nitrogens with zero attached hydrogens (tertiary/aromatic N) is 1. The number of nitrogens with two attached hydrogens (primary N) is 2. The van der Waals surface area contributed by atoms with E-state index in [1.165, 1.54) is 0 Å². The molecule has 0 spiro atoms. The largest absolute Gasteiger partial charge is 0.397 e. The maximum absolute atomic E-state index is 10.8. The Morgan fingerprint density at radius 2 is 2.22 bits per heavy atom. The molecule has 0 saturated heterocycles. The van der Waals surface area contributed by atoms with Crippen molar-refractivity contribution < 1.29 is 4.79 Å². The molecule has 0 fully saturated rings. The summed E-state index contributed by atoms with van der Waals surface area (Å²) in [6, 6.07) is 5.65. The first-order chi connectivity index (χ1) is 8.58. The van der Waals surface area contributed by atoms with Crippen molar-refractivity contribution in [1.29, 1.82) is 0 Å². The molecule has 2 aromatic rings. The highest BCUT2D eigenvalue weighted by Gasteiger charge is 2.09. The van der Waals surface area contributed by atoms with Gasteiger partial charge in [-0.25, -0.2) is 0 Å². The van der Waals surface area contributed by atoms with Gasteiger partial charge < -0.3 is 16.8 Å². The topological polar surface area (TPSA) is 94.0 Å². The predicted octanol–water partition coefficient (Wildman–Crippen LogP) is 1.49. The summed E-state index contributed by atoms with van der Waals surface area (Å²) < 4.78 is 0. The molecule has 1 aromatic heterocycles. The number of aromatic nitrogens is 1. The van der Waals surface area contributed by atoms with Crippen molar-refractivity contribution in [3.63, 3.8) is 0 Å². The van der Waals surface area contributed by atoms with Crippen LogP contribution in [0, 0.1) is 0 Å². The van der Waals surface area contributed by atoms with Gasteiger partial charge in [0.05, 0.1) is 11.4 Å². The zero-order chi connectivity index (χ0) is 13.1. The lowest BCUT2D eigenvalue weighted by atomic mass is 10.1. The third kappa shape index (κ3) is 2.51. The number of benzene rings is 1. The first kappa shape index (κ1) is 12.2. The highest BCUT2D eigenvalue weighted by molar-refractivity contribution is 5.98. The highest BCUT2D eigenvalue weighted by atomic mass is 16.1. The number of amides is 1. The molecule has 5 nitrogen and oxygen atoms in total. The lowest BCUT2D eigenvalue weighted by Gasteiger charge is -2.16. The van der Waals surface area contributed by atoms with Crippen LogP contribution in [0.15, 0.2) is 30.6 Å². The molecule has 1 aromatic carbocycles. The van der Waals surface area contributed by atoms with Crippen LogP contribution < -0.4 is 16.8 Å². The van der Waals surface area contributed by atoms with Crippen LogP contribution in [0.1, 0.15) is 13.3 Å². The zero-order valence-corrected chi connectivity index (χ0v) is 10.2. The number of hydrogen-bond acceptors (Lipinski definition) is 4. The molecule has 0 radical (unpaired) electrons. The van der Waals surface area contributed by atoms with Crippen LogP contribution >= 0.6 is 0 Å². The number of hydrogen-bond donors (Lipinski definition) is 3. The summed E-state index contributed by atoms with van der Waals surface area (Å²) in [6.07, 6.45) is 3.74. The van der Waals surface area contributed by atoms with Gasteiger partial charge in [0.2, 0.25) is 5.91 Å². The van der Waals surface area contributed by atoms with E-state index in [0.717, 1.165) is 16.5 Å². The molecule has 0 aliphatic heterocycles. The van der Waals surface area contributed by atoms with Gasteiger partial charge in [-0.1, -0.05) is 6.07 Å². The van der Waals surface area contributed by atoms with Crippen molar-refractivity contribution in [3.8, 4) is 0 Å². The van der Waals surface area contributed by atoms with Crippen LogP contribution in [-0.2, 0) is 4.79 Å². The Labute approximate surface area is 105 Å². The smallest absolute Gasteiger partial charge is 0.219 e.